The topological polar surface area (TPSA) is 79.2 Å². The molecular weight excluding hydrogens is 372 g/mol. The van der Waals surface area contributed by atoms with Crippen molar-refractivity contribution in [3.8, 4) is 6.07 Å². The minimum atomic E-state index is -0.959. The number of hydrogen-bond acceptors (Lipinski definition) is 4. The highest BCUT2D eigenvalue weighted by atomic mass is 79.9. The normalized spacial score (nSPS) is 11.2. The first-order valence-electron chi connectivity index (χ1n) is 7.23. The second-order valence-electron chi connectivity index (χ2n) is 5.08. The summed E-state index contributed by atoms with van der Waals surface area (Å²) in [6.45, 7) is 1.49. The Morgan fingerprint density at radius 1 is 1.21 bits per heavy atom. The van der Waals surface area contributed by atoms with Gasteiger partial charge < -0.3 is 10.1 Å². The van der Waals surface area contributed by atoms with Gasteiger partial charge in [-0.15, -0.1) is 0 Å². The molecule has 1 atom stereocenters. The molecule has 0 radical (unpaired) electrons. The van der Waals surface area contributed by atoms with E-state index < -0.39 is 18.0 Å². The van der Waals surface area contributed by atoms with E-state index in [0.717, 1.165) is 10.0 Å². The number of benzene rings is 2. The SMILES string of the molecule is C[C@@H](OC(=O)Cc1ccc(Br)cc1)C(=O)Nc1ccccc1C#N. The van der Waals surface area contributed by atoms with Crippen molar-refractivity contribution in [3.05, 3.63) is 64.1 Å². The lowest BCUT2D eigenvalue weighted by atomic mass is 10.1. The van der Waals surface area contributed by atoms with Crippen LogP contribution in [0, 0.1) is 11.3 Å². The predicted octanol–water partition coefficient (Wildman–Crippen LogP) is 3.43. The third-order valence-corrected chi connectivity index (χ3v) is 3.77. The monoisotopic (exact) mass is 386 g/mol. The van der Waals surface area contributed by atoms with Gasteiger partial charge in [-0.1, -0.05) is 40.2 Å². The summed E-state index contributed by atoms with van der Waals surface area (Å²) in [5.41, 5.74) is 1.53. The molecule has 24 heavy (non-hydrogen) atoms. The molecule has 2 aromatic carbocycles. The molecular formula is C18H15BrN2O3. The number of esters is 1. The van der Waals surface area contributed by atoms with Crippen molar-refractivity contribution in [2.45, 2.75) is 19.4 Å². The van der Waals surface area contributed by atoms with E-state index in [1.54, 1.807) is 36.4 Å². The third kappa shape index (κ3) is 4.93. The highest BCUT2D eigenvalue weighted by molar-refractivity contribution is 9.10. The fraction of sp³-hybridized carbons (Fsp3) is 0.167. The Labute approximate surface area is 148 Å². The van der Waals surface area contributed by atoms with Crippen molar-refractivity contribution in [2.75, 3.05) is 5.32 Å². The molecule has 0 saturated carbocycles. The zero-order valence-corrected chi connectivity index (χ0v) is 14.5. The van der Waals surface area contributed by atoms with E-state index in [1.165, 1.54) is 6.92 Å². The number of nitrogens with one attached hydrogen (secondary N) is 1. The van der Waals surface area contributed by atoms with Crippen LogP contribution < -0.4 is 5.32 Å². The lowest BCUT2D eigenvalue weighted by molar-refractivity contribution is -0.152. The Hall–Kier alpha value is -2.65. The molecule has 122 valence electrons. The molecule has 0 aliphatic heterocycles. The highest BCUT2D eigenvalue weighted by Gasteiger charge is 2.19. The maximum atomic E-state index is 12.1. The van der Waals surface area contributed by atoms with E-state index >= 15 is 0 Å². The minimum absolute atomic E-state index is 0.0830. The summed E-state index contributed by atoms with van der Waals surface area (Å²) in [7, 11) is 0. The number of hydrogen-bond donors (Lipinski definition) is 1. The molecule has 0 aromatic heterocycles. The first-order valence-corrected chi connectivity index (χ1v) is 8.03. The lowest BCUT2D eigenvalue weighted by Gasteiger charge is -2.14. The molecule has 0 saturated heterocycles. The van der Waals surface area contributed by atoms with Crippen LogP contribution in [0.2, 0.25) is 0 Å². The van der Waals surface area contributed by atoms with Crippen LogP contribution >= 0.6 is 15.9 Å². The number of rotatable bonds is 5. The summed E-state index contributed by atoms with van der Waals surface area (Å²) >= 11 is 3.32. The zero-order valence-electron chi connectivity index (χ0n) is 13.0. The van der Waals surface area contributed by atoms with Crippen molar-refractivity contribution in [1.82, 2.24) is 0 Å². The smallest absolute Gasteiger partial charge is 0.311 e. The fourth-order valence-electron chi connectivity index (χ4n) is 1.99. The number of halogens is 1. The van der Waals surface area contributed by atoms with Gasteiger partial charge in [-0.3, -0.25) is 9.59 Å². The quantitative estimate of drug-likeness (QED) is 0.798. The van der Waals surface area contributed by atoms with Crippen molar-refractivity contribution < 1.29 is 14.3 Å². The number of para-hydroxylation sites is 1. The summed E-state index contributed by atoms with van der Waals surface area (Å²) in [5.74, 6) is -0.976. The van der Waals surface area contributed by atoms with Crippen molar-refractivity contribution in [3.63, 3.8) is 0 Å². The largest absolute Gasteiger partial charge is 0.452 e. The Morgan fingerprint density at radius 2 is 1.88 bits per heavy atom. The molecule has 1 amide bonds. The van der Waals surface area contributed by atoms with Crippen LogP contribution in [0.25, 0.3) is 0 Å². The Morgan fingerprint density at radius 3 is 2.54 bits per heavy atom. The van der Waals surface area contributed by atoms with Gasteiger partial charge in [-0.25, -0.2) is 0 Å². The Kier molecular flexibility index (Phi) is 6.10. The second-order valence-corrected chi connectivity index (χ2v) is 6.00. The van der Waals surface area contributed by atoms with Gasteiger partial charge >= 0.3 is 5.97 Å². The molecule has 0 aliphatic rings. The molecule has 0 spiro atoms. The van der Waals surface area contributed by atoms with E-state index in [-0.39, 0.29) is 6.42 Å². The van der Waals surface area contributed by atoms with Crippen LogP contribution in [-0.2, 0) is 20.7 Å². The van der Waals surface area contributed by atoms with Gasteiger partial charge in [-0.05, 0) is 36.8 Å². The first-order chi connectivity index (χ1) is 11.5. The molecule has 2 aromatic rings. The average molecular weight is 387 g/mol. The van der Waals surface area contributed by atoms with E-state index in [0.29, 0.717) is 11.3 Å². The highest BCUT2D eigenvalue weighted by Crippen LogP contribution is 2.15. The van der Waals surface area contributed by atoms with Gasteiger partial charge in [0, 0.05) is 4.47 Å². The number of anilines is 1. The average Bonchev–Trinajstić information content (AvgIpc) is 2.57. The van der Waals surface area contributed by atoms with Gasteiger partial charge in [0.05, 0.1) is 17.7 Å². The van der Waals surface area contributed by atoms with E-state index in [9.17, 15) is 9.59 Å². The van der Waals surface area contributed by atoms with E-state index in [4.69, 9.17) is 10.00 Å². The number of ether oxygens (including phenoxy) is 1. The maximum Gasteiger partial charge on any atom is 0.311 e. The number of amides is 1. The first kappa shape index (κ1) is 17.7. The number of nitrogens with zero attached hydrogens (tertiary/aromatic N) is 1. The minimum Gasteiger partial charge on any atom is -0.452 e. The number of carbonyl (C=O) groups excluding carboxylic acids is 2. The predicted molar refractivity (Wildman–Crippen MR) is 93.2 cm³/mol. The number of nitriles is 1. The third-order valence-electron chi connectivity index (χ3n) is 3.24. The molecule has 0 unspecified atom stereocenters. The lowest BCUT2D eigenvalue weighted by Crippen LogP contribution is -2.30. The van der Waals surface area contributed by atoms with Crippen molar-refractivity contribution in [1.29, 1.82) is 5.26 Å². The molecule has 0 aliphatic carbocycles. The zero-order chi connectivity index (χ0) is 17.5. The molecule has 0 heterocycles. The Balaban J connectivity index is 1.92. The van der Waals surface area contributed by atoms with Crippen LogP contribution in [0.15, 0.2) is 53.0 Å². The molecule has 6 heteroatoms. The fourth-order valence-corrected chi connectivity index (χ4v) is 2.25. The Bertz CT molecular complexity index is 782. The van der Waals surface area contributed by atoms with Gasteiger partial charge in [-0.2, -0.15) is 5.26 Å². The number of carbonyl (C=O) groups is 2. The summed E-state index contributed by atoms with van der Waals surface area (Å²) in [6, 6.07) is 15.9. The van der Waals surface area contributed by atoms with Crippen molar-refractivity contribution in [2.24, 2.45) is 0 Å². The van der Waals surface area contributed by atoms with Crippen LogP contribution in [-0.4, -0.2) is 18.0 Å². The standard InChI is InChI=1S/C18H15BrN2O3/c1-12(18(23)21-16-5-3-2-4-14(16)11-20)24-17(22)10-13-6-8-15(19)9-7-13/h2-9,12H,10H2,1H3,(H,21,23)/t12-/m1/s1. The summed E-state index contributed by atoms with van der Waals surface area (Å²) < 4.78 is 6.07. The van der Waals surface area contributed by atoms with E-state index in [1.807, 2.05) is 18.2 Å². The van der Waals surface area contributed by atoms with Gasteiger partial charge in [0.1, 0.15) is 6.07 Å². The summed E-state index contributed by atoms with van der Waals surface area (Å²) in [4.78, 5) is 24.0. The van der Waals surface area contributed by atoms with Crippen LogP contribution in [0.4, 0.5) is 5.69 Å². The van der Waals surface area contributed by atoms with Gasteiger partial charge in [0.15, 0.2) is 6.10 Å². The maximum absolute atomic E-state index is 12.1. The molecule has 5 nitrogen and oxygen atoms in total. The van der Waals surface area contributed by atoms with Gasteiger partial charge in [0.25, 0.3) is 5.91 Å². The second kappa shape index (κ2) is 8.27. The molecule has 0 fully saturated rings. The molecule has 2 rings (SSSR count). The summed E-state index contributed by atoms with van der Waals surface area (Å²) in [6.07, 6.45) is -0.876. The van der Waals surface area contributed by atoms with Crippen LogP contribution in [0.5, 0.6) is 0 Å². The molecule has 0 bridgehead atoms. The summed E-state index contributed by atoms with van der Waals surface area (Å²) in [5, 5.41) is 11.6. The van der Waals surface area contributed by atoms with Crippen LogP contribution in [0.1, 0.15) is 18.1 Å². The van der Waals surface area contributed by atoms with Crippen molar-refractivity contribution >= 4 is 33.5 Å². The molecule has 1 N–H and O–H groups in total. The van der Waals surface area contributed by atoms with Gasteiger partial charge in [0.2, 0.25) is 0 Å². The van der Waals surface area contributed by atoms with E-state index in [2.05, 4.69) is 21.2 Å². The van der Waals surface area contributed by atoms with Crippen LogP contribution in [0.3, 0.4) is 0 Å².